The second kappa shape index (κ2) is 5.73. The largest absolute Gasteiger partial charge is 0.506 e. The molecular formula is C14H14ClNO3S. The summed E-state index contributed by atoms with van der Waals surface area (Å²) in [5, 5.41) is 12.8. The van der Waals surface area contributed by atoms with E-state index in [9.17, 15) is 13.5 Å². The Morgan fingerprint density at radius 3 is 2.35 bits per heavy atom. The number of anilines is 1. The molecule has 2 N–H and O–H groups in total. The van der Waals surface area contributed by atoms with Crippen LogP contribution in [0.1, 0.15) is 5.56 Å². The SMILES string of the molecule is CS(=O)(=O)c1ccc(NCc2ccc(O)c(Cl)c2)cc1. The molecular weight excluding hydrogens is 298 g/mol. The number of nitrogens with one attached hydrogen (secondary N) is 1. The third-order valence-electron chi connectivity index (χ3n) is 2.79. The van der Waals surface area contributed by atoms with Crippen molar-refractivity contribution >= 4 is 27.1 Å². The quantitative estimate of drug-likeness (QED) is 0.910. The standard InChI is InChI=1S/C14H14ClNO3S/c1-20(18,19)12-5-3-11(4-6-12)16-9-10-2-7-14(17)13(15)8-10/h2-8,16-17H,9H2,1H3. The lowest BCUT2D eigenvalue weighted by molar-refractivity contribution is 0.475. The smallest absolute Gasteiger partial charge is 0.175 e. The first-order valence-corrected chi connectivity index (χ1v) is 8.14. The fourth-order valence-corrected chi connectivity index (χ4v) is 2.52. The van der Waals surface area contributed by atoms with Crippen molar-refractivity contribution in [3.8, 4) is 5.75 Å². The summed E-state index contributed by atoms with van der Waals surface area (Å²) >= 11 is 5.82. The van der Waals surface area contributed by atoms with E-state index in [-0.39, 0.29) is 10.6 Å². The van der Waals surface area contributed by atoms with Crippen LogP contribution < -0.4 is 5.32 Å². The highest BCUT2D eigenvalue weighted by molar-refractivity contribution is 7.90. The summed E-state index contributed by atoms with van der Waals surface area (Å²) in [4.78, 5) is 0.288. The first-order valence-electron chi connectivity index (χ1n) is 5.87. The summed E-state index contributed by atoms with van der Waals surface area (Å²) in [6, 6.07) is 11.5. The maximum absolute atomic E-state index is 11.3. The average Bonchev–Trinajstić information content (AvgIpc) is 2.40. The molecule has 20 heavy (non-hydrogen) atoms. The highest BCUT2D eigenvalue weighted by Crippen LogP contribution is 2.24. The number of aromatic hydroxyl groups is 1. The Bertz CT molecular complexity index is 712. The molecule has 2 rings (SSSR count). The molecule has 4 nitrogen and oxygen atoms in total. The number of phenolic OH excluding ortho intramolecular Hbond substituents is 1. The van der Waals surface area contributed by atoms with Crippen molar-refractivity contribution in [2.24, 2.45) is 0 Å². The summed E-state index contributed by atoms with van der Waals surface area (Å²) in [6.45, 7) is 0.526. The summed E-state index contributed by atoms with van der Waals surface area (Å²) in [5.41, 5.74) is 1.72. The number of phenols is 1. The van der Waals surface area contributed by atoms with E-state index in [1.807, 2.05) is 0 Å². The van der Waals surface area contributed by atoms with Gasteiger partial charge in [0.05, 0.1) is 9.92 Å². The second-order valence-corrected chi connectivity index (χ2v) is 6.86. The van der Waals surface area contributed by atoms with Gasteiger partial charge in [0.25, 0.3) is 0 Å². The fraction of sp³-hybridized carbons (Fsp3) is 0.143. The number of halogens is 1. The van der Waals surface area contributed by atoms with Crippen LogP contribution >= 0.6 is 11.6 Å². The summed E-state index contributed by atoms with van der Waals surface area (Å²) in [6.07, 6.45) is 1.17. The Labute approximate surface area is 122 Å². The van der Waals surface area contributed by atoms with Crippen molar-refractivity contribution in [1.82, 2.24) is 0 Å². The maximum atomic E-state index is 11.3. The van der Waals surface area contributed by atoms with Gasteiger partial charge in [-0.3, -0.25) is 0 Å². The zero-order valence-corrected chi connectivity index (χ0v) is 12.4. The molecule has 0 heterocycles. The third-order valence-corrected chi connectivity index (χ3v) is 4.22. The van der Waals surface area contributed by atoms with Gasteiger partial charge in [-0.15, -0.1) is 0 Å². The molecule has 0 amide bonds. The normalized spacial score (nSPS) is 11.3. The van der Waals surface area contributed by atoms with E-state index in [0.717, 1.165) is 11.3 Å². The van der Waals surface area contributed by atoms with Gasteiger partial charge in [-0.25, -0.2) is 8.42 Å². The minimum absolute atomic E-state index is 0.0490. The molecule has 0 aromatic heterocycles. The number of hydrogen-bond acceptors (Lipinski definition) is 4. The molecule has 106 valence electrons. The van der Waals surface area contributed by atoms with Crippen LogP contribution in [-0.2, 0) is 16.4 Å². The van der Waals surface area contributed by atoms with E-state index in [0.29, 0.717) is 11.6 Å². The van der Waals surface area contributed by atoms with Crippen LogP contribution in [0.15, 0.2) is 47.4 Å². The molecule has 0 saturated carbocycles. The topological polar surface area (TPSA) is 66.4 Å². The molecule has 0 unspecified atom stereocenters. The molecule has 0 saturated heterocycles. The van der Waals surface area contributed by atoms with Gasteiger partial charge >= 0.3 is 0 Å². The zero-order valence-electron chi connectivity index (χ0n) is 10.8. The van der Waals surface area contributed by atoms with Crippen molar-refractivity contribution in [2.75, 3.05) is 11.6 Å². The van der Waals surface area contributed by atoms with Crippen LogP contribution in [0.25, 0.3) is 0 Å². The van der Waals surface area contributed by atoms with E-state index in [1.54, 1.807) is 36.4 Å². The van der Waals surface area contributed by atoms with Gasteiger partial charge in [0.1, 0.15) is 5.75 Å². The summed E-state index contributed by atoms with van der Waals surface area (Å²) in [5.74, 6) is 0.0490. The molecule has 6 heteroatoms. The number of rotatable bonds is 4. The monoisotopic (exact) mass is 311 g/mol. The lowest BCUT2D eigenvalue weighted by atomic mass is 10.2. The zero-order chi connectivity index (χ0) is 14.8. The van der Waals surface area contributed by atoms with Gasteiger partial charge in [0, 0.05) is 18.5 Å². The maximum Gasteiger partial charge on any atom is 0.175 e. The molecule has 2 aromatic rings. The highest BCUT2D eigenvalue weighted by Gasteiger charge is 2.06. The molecule has 0 radical (unpaired) electrons. The van der Waals surface area contributed by atoms with E-state index in [2.05, 4.69) is 5.32 Å². The van der Waals surface area contributed by atoms with Crippen LogP contribution in [0.4, 0.5) is 5.69 Å². The van der Waals surface area contributed by atoms with Crippen molar-refractivity contribution in [3.63, 3.8) is 0 Å². The second-order valence-electron chi connectivity index (χ2n) is 4.44. The summed E-state index contributed by atoms with van der Waals surface area (Å²) < 4.78 is 22.7. The Hall–Kier alpha value is -1.72. The van der Waals surface area contributed by atoms with Crippen LogP contribution in [0.3, 0.4) is 0 Å². The minimum atomic E-state index is -3.17. The predicted octanol–water partition coefficient (Wildman–Crippen LogP) is 3.06. The first-order chi connectivity index (χ1) is 9.36. The number of benzene rings is 2. The third kappa shape index (κ3) is 3.65. The molecule has 0 atom stereocenters. The number of sulfone groups is 1. The van der Waals surface area contributed by atoms with E-state index in [1.165, 1.54) is 12.3 Å². The van der Waals surface area contributed by atoms with Crippen molar-refractivity contribution in [1.29, 1.82) is 0 Å². The predicted molar refractivity (Wildman–Crippen MR) is 80.0 cm³/mol. The van der Waals surface area contributed by atoms with Crippen molar-refractivity contribution < 1.29 is 13.5 Å². The molecule has 0 aliphatic rings. The van der Waals surface area contributed by atoms with Crippen LogP contribution in [0, 0.1) is 0 Å². The van der Waals surface area contributed by atoms with Gasteiger partial charge in [0.2, 0.25) is 0 Å². The molecule has 2 aromatic carbocycles. The van der Waals surface area contributed by atoms with Gasteiger partial charge in [-0.05, 0) is 42.0 Å². The molecule has 0 bridgehead atoms. The highest BCUT2D eigenvalue weighted by atomic mass is 35.5. The minimum Gasteiger partial charge on any atom is -0.506 e. The van der Waals surface area contributed by atoms with Crippen LogP contribution in [-0.4, -0.2) is 19.8 Å². The van der Waals surface area contributed by atoms with Gasteiger partial charge < -0.3 is 10.4 Å². The molecule has 0 fully saturated rings. The first kappa shape index (κ1) is 14.7. The van der Waals surface area contributed by atoms with Gasteiger partial charge in [0.15, 0.2) is 9.84 Å². The lowest BCUT2D eigenvalue weighted by Gasteiger charge is -2.08. The Kier molecular flexibility index (Phi) is 4.20. The molecule has 0 spiro atoms. The average molecular weight is 312 g/mol. The van der Waals surface area contributed by atoms with E-state index in [4.69, 9.17) is 11.6 Å². The number of hydrogen-bond donors (Lipinski definition) is 2. The lowest BCUT2D eigenvalue weighted by Crippen LogP contribution is -2.01. The summed E-state index contributed by atoms with van der Waals surface area (Å²) in [7, 11) is -3.17. The van der Waals surface area contributed by atoms with Gasteiger partial charge in [-0.2, -0.15) is 0 Å². The van der Waals surface area contributed by atoms with Crippen molar-refractivity contribution in [2.45, 2.75) is 11.4 Å². The van der Waals surface area contributed by atoms with Crippen molar-refractivity contribution in [3.05, 3.63) is 53.1 Å². The van der Waals surface area contributed by atoms with Gasteiger partial charge in [-0.1, -0.05) is 17.7 Å². The Balaban J connectivity index is 2.06. The molecule has 0 aliphatic carbocycles. The Morgan fingerprint density at radius 1 is 1.15 bits per heavy atom. The Morgan fingerprint density at radius 2 is 1.80 bits per heavy atom. The van der Waals surface area contributed by atoms with E-state index >= 15 is 0 Å². The van der Waals surface area contributed by atoms with Crippen LogP contribution in [0.5, 0.6) is 5.75 Å². The fourth-order valence-electron chi connectivity index (χ4n) is 1.68. The van der Waals surface area contributed by atoms with E-state index < -0.39 is 9.84 Å². The molecule has 0 aliphatic heterocycles. The van der Waals surface area contributed by atoms with Crippen LogP contribution in [0.2, 0.25) is 5.02 Å².